The van der Waals surface area contributed by atoms with Gasteiger partial charge >= 0.3 is 0 Å². The zero-order chi connectivity index (χ0) is 16.7. The van der Waals surface area contributed by atoms with Crippen LogP contribution in [0.15, 0.2) is 48.5 Å². The van der Waals surface area contributed by atoms with Crippen LogP contribution in [0.4, 0.5) is 5.69 Å². The smallest absolute Gasteiger partial charge is 0.239 e. The molecule has 0 aliphatic carbocycles. The van der Waals surface area contributed by atoms with Crippen LogP contribution in [0.5, 0.6) is 5.75 Å². The van der Waals surface area contributed by atoms with Crippen molar-refractivity contribution in [3.63, 3.8) is 0 Å². The number of rotatable bonds is 7. The maximum atomic E-state index is 11.9. The number of amides is 1. The molecule has 0 saturated heterocycles. The molecule has 120 valence electrons. The lowest BCUT2D eigenvalue weighted by atomic mass is 10.1. The summed E-state index contributed by atoms with van der Waals surface area (Å²) in [6, 6.07) is 14.6. The number of methoxy groups -OCH3 is 1. The van der Waals surface area contributed by atoms with Gasteiger partial charge in [0.15, 0.2) is 5.78 Å². The van der Waals surface area contributed by atoms with Crippen molar-refractivity contribution in [2.24, 2.45) is 0 Å². The summed E-state index contributed by atoms with van der Waals surface area (Å²) in [5.41, 5.74) is 2.23. The van der Waals surface area contributed by atoms with Crippen molar-refractivity contribution in [3.8, 4) is 5.75 Å². The lowest BCUT2D eigenvalue weighted by Gasteiger charge is -2.10. The summed E-state index contributed by atoms with van der Waals surface area (Å²) in [6.45, 7) is 2.06. The van der Waals surface area contributed by atoms with Crippen molar-refractivity contribution < 1.29 is 14.3 Å². The highest BCUT2D eigenvalue weighted by molar-refractivity contribution is 6.00. The van der Waals surface area contributed by atoms with Crippen LogP contribution < -0.4 is 15.4 Å². The van der Waals surface area contributed by atoms with E-state index in [-0.39, 0.29) is 18.2 Å². The summed E-state index contributed by atoms with van der Waals surface area (Å²) < 4.78 is 5.09. The van der Waals surface area contributed by atoms with E-state index < -0.39 is 0 Å². The predicted octanol–water partition coefficient (Wildman–Crippen LogP) is 2.63. The summed E-state index contributed by atoms with van der Waals surface area (Å²) in [4.78, 5) is 23.4. The first-order valence-corrected chi connectivity index (χ1v) is 7.33. The number of anilines is 1. The van der Waals surface area contributed by atoms with Crippen LogP contribution in [0.3, 0.4) is 0 Å². The molecule has 0 fully saturated rings. The number of ketones is 1. The Kier molecular flexibility index (Phi) is 5.74. The number of Topliss-reactive ketones (excluding diaryl/α,β-unsaturated/α-hetero) is 1. The second-order valence-corrected chi connectivity index (χ2v) is 5.08. The highest BCUT2D eigenvalue weighted by atomic mass is 16.5. The standard InChI is InChI=1S/C18H20N2O3/c1-13(21)16-5-3-4-6-17(16)19-12-18(22)20-11-14-7-9-15(23-2)10-8-14/h3-10,19H,11-12H2,1-2H3,(H,20,22). The predicted molar refractivity (Wildman–Crippen MR) is 89.8 cm³/mol. The molecule has 0 aliphatic heterocycles. The Morgan fingerprint density at radius 2 is 1.74 bits per heavy atom. The van der Waals surface area contributed by atoms with Crippen LogP contribution >= 0.6 is 0 Å². The van der Waals surface area contributed by atoms with Gasteiger partial charge in [-0.2, -0.15) is 0 Å². The van der Waals surface area contributed by atoms with Gasteiger partial charge in [0.2, 0.25) is 5.91 Å². The molecule has 0 atom stereocenters. The van der Waals surface area contributed by atoms with E-state index in [2.05, 4.69) is 10.6 Å². The molecule has 2 aromatic carbocycles. The molecule has 1 amide bonds. The largest absolute Gasteiger partial charge is 0.497 e. The molecular weight excluding hydrogens is 292 g/mol. The number of benzene rings is 2. The molecule has 0 spiro atoms. The van der Waals surface area contributed by atoms with Crippen LogP contribution in [0.2, 0.25) is 0 Å². The van der Waals surface area contributed by atoms with E-state index in [0.29, 0.717) is 17.8 Å². The number of para-hydroxylation sites is 1. The molecule has 2 N–H and O–H groups in total. The molecule has 0 aromatic heterocycles. The second kappa shape index (κ2) is 7.98. The molecule has 0 bridgehead atoms. The SMILES string of the molecule is COc1ccc(CNC(=O)CNc2ccccc2C(C)=O)cc1. The fourth-order valence-electron chi connectivity index (χ4n) is 2.13. The first kappa shape index (κ1) is 16.5. The van der Waals surface area contributed by atoms with E-state index in [0.717, 1.165) is 11.3 Å². The molecular formula is C18H20N2O3. The zero-order valence-electron chi connectivity index (χ0n) is 13.3. The Hall–Kier alpha value is -2.82. The van der Waals surface area contributed by atoms with Crippen LogP contribution in [-0.2, 0) is 11.3 Å². The van der Waals surface area contributed by atoms with Crippen LogP contribution in [0.1, 0.15) is 22.8 Å². The first-order valence-electron chi connectivity index (χ1n) is 7.33. The molecule has 0 heterocycles. The molecule has 5 heteroatoms. The van der Waals surface area contributed by atoms with Crippen molar-refractivity contribution in [3.05, 3.63) is 59.7 Å². The maximum Gasteiger partial charge on any atom is 0.239 e. The number of carbonyl (C=O) groups excluding carboxylic acids is 2. The van der Waals surface area contributed by atoms with Crippen molar-refractivity contribution >= 4 is 17.4 Å². The lowest BCUT2D eigenvalue weighted by molar-refractivity contribution is -0.119. The quantitative estimate of drug-likeness (QED) is 0.771. The van der Waals surface area contributed by atoms with Gasteiger partial charge in [0.1, 0.15) is 5.75 Å². The normalized spacial score (nSPS) is 10.0. The van der Waals surface area contributed by atoms with E-state index in [1.807, 2.05) is 30.3 Å². The summed E-state index contributed by atoms with van der Waals surface area (Å²) in [5.74, 6) is 0.605. The fourth-order valence-corrected chi connectivity index (χ4v) is 2.13. The van der Waals surface area contributed by atoms with Crippen LogP contribution in [-0.4, -0.2) is 25.3 Å². The molecule has 5 nitrogen and oxygen atoms in total. The van der Waals surface area contributed by atoms with E-state index in [1.54, 1.807) is 25.3 Å². The second-order valence-electron chi connectivity index (χ2n) is 5.08. The highest BCUT2D eigenvalue weighted by Gasteiger charge is 2.07. The lowest BCUT2D eigenvalue weighted by Crippen LogP contribution is -2.29. The molecule has 0 radical (unpaired) electrons. The Morgan fingerprint density at radius 3 is 2.39 bits per heavy atom. The maximum absolute atomic E-state index is 11.9. The Bertz CT molecular complexity index is 681. The third-order valence-electron chi connectivity index (χ3n) is 3.39. The monoisotopic (exact) mass is 312 g/mol. The van der Waals surface area contributed by atoms with Gasteiger partial charge in [-0.1, -0.05) is 24.3 Å². The van der Waals surface area contributed by atoms with Crippen molar-refractivity contribution in [1.29, 1.82) is 0 Å². The molecule has 0 saturated carbocycles. The van der Waals surface area contributed by atoms with Gasteiger partial charge in [-0.05, 0) is 36.8 Å². The molecule has 2 rings (SSSR count). The molecule has 0 unspecified atom stereocenters. The van der Waals surface area contributed by atoms with Gasteiger partial charge in [-0.15, -0.1) is 0 Å². The highest BCUT2D eigenvalue weighted by Crippen LogP contribution is 2.15. The van der Waals surface area contributed by atoms with Gasteiger partial charge < -0.3 is 15.4 Å². The summed E-state index contributed by atoms with van der Waals surface area (Å²) in [7, 11) is 1.61. The average molecular weight is 312 g/mol. The Morgan fingerprint density at radius 1 is 1.04 bits per heavy atom. The Balaban J connectivity index is 1.84. The van der Waals surface area contributed by atoms with Gasteiger partial charge in [-0.25, -0.2) is 0 Å². The van der Waals surface area contributed by atoms with Gasteiger partial charge in [0, 0.05) is 17.8 Å². The van der Waals surface area contributed by atoms with E-state index in [9.17, 15) is 9.59 Å². The number of ether oxygens (including phenoxy) is 1. The number of nitrogens with one attached hydrogen (secondary N) is 2. The van der Waals surface area contributed by atoms with Crippen molar-refractivity contribution in [1.82, 2.24) is 5.32 Å². The van der Waals surface area contributed by atoms with Crippen molar-refractivity contribution in [2.45, 2.75) is 13.5 Å². The Labute approximate surface area is 135 Å². The minimum Gasteiger partial charge on any atom is -0.497 e. The van der Waals surface area contributed by atoms with Gasteiger partial charge in [0.25, 0.3) is 0 Å². The third-order valence-corrected chi connectivity index (χ3v) is 3.39. The van der Waals surface area contributed by atoms with Crippen LogP contribution in [0, 0.1) is 0 Å². The van der Waals surface area contributed by atoms with Gasteiger partial charge in [-0.3, -0.25) is 9.59 Å². The molecule has 23 heavy (non-hydrogen) atoms. The van der Waals surface area contributed by atoms with E-state index in [1.165, 1.54) is 6.92 Å². The summed E-state index contributed by atoms with van der Waals surface area (Å²) in [5, 5.41) is 5.82. The number of hydrogen-bond acceptors (Lipinski definition) is 4. The third kappa shape index (κ3) is 4.85. The summed E-state index contributed by atoms with van der Waals surface area (Å²) in [6.07, 6.45) is 0. The van der Waals surface area contributed by atoms with Gasteiger partial charge in [0.05, 0.1) is 13.7 Å². The van der Waals surface area contributed by atoms with Crippen molar-refractivity contribution in [2.75, 3.05) is 19.0 Å². The van der Waals surface area contributed by atoms with E-state index >= 15 is 0 Å². The minimum absolute atomic E-state index is 0.0354. The summed E-state index contributed by atoms with van der Waals surface area (Å²) >= 11 is 0. The topological polar surface area (TPSA) is 67.4 Å². The molecule has 0 aliphatic rings. The first-order chi connectivity index (χ1) is 11.1. The zero-order valence-corrected chi connectivity index (χ0v) is 13.3. The van der Waals surface area contributed by atoms with E-state index in [4.69, 9.17) is 4.74 Å². The average Bonchev–Trinajstić information content (AvgIpc) is 2.58. The fraction of sp³-hybridized carbons (Fsp3) is 0.222. The number of carbonyl (C=O) groups is 2. The molecule has 2 aromatic rings. The minimum atomic E-state index is -0.140. The van der Waals surface area contributed by atoms with Crippen LogP contribution in [0.25, 0.3) is 0 Å². The number of hydrogen-bond donors (Lipinski definition) is 2.